The van der Waals surface area contributed by atoms with E-state index in [1.165, 1.54) is 24.3 Å². The summed E-state index contributed by atoms with van der Waals surface area (Å²) in [7, 11) is -3.97. The van der Waals surface area contributed by atoms with Crippen molar-refractivity contribution in [2.24, 2.45) is 0 Å². The van der Waals surface area contributed by atoms with Gasteiger partial charge in [0.05, 0.1) is 11.4 Å². The zero-order chi connectivity index (χ0) is 16.6. The van der Waals surface area contributed by atoms with Crippen molar-refractivity contribution >= 4 is 15.7 Å². The van der Waals surface area contributed by atoms with Crippen molar-refractivity contribution in [2.45, 2.75) is 18.9 Å². The molecule has 0 fully saturated rings. The van der Waals surface area contributed by atoms with Crippen LogP contribution in [-0.4, -0.2) is 13.6 Å². The topological polar surface area (TPSA) is 85.3 Å². The highest BCUT2D eigenvalue weighted by Crippen LogP contribution is 2.26. The summed E-state index contributed by atoms with van der Waals surface area (Å²) < 4.78 is 50.6. The van der Waals surface area contributed by atoms with Gasteiger partial charge in [0.1, 0.15) is 5.82 Å². The number of aromatic nitrogens is 1. The van der Waals surface area contributed by atoms with E-state index in [9.17, 15) is 12.8 Å². The Balaban J connectivity index is 1.88. The van der Waals surface area contributed by atoms with Gasteiger partial charge in [-0.15, -0.1) is 0 Å². The first-order chi connectivity index (χ1) is 10.8. The lowest BCUT2D eigenvalue weighted by molar-refractivity contribution is 0.398. The number of furan rings is 1. The second-order valence-corrected chi connectivity index (χ2v) is 6.63. The minimum absolute atomic E-state index is 0.113. The quantitative estimate of drug-likeness (QED) is 0.788. The highest BCUT2D eigenvalue weighted by Gasteiger charge is 2.21. The zero-order valence-electron chi connectivity index (χ0n) is 12.3. The number of hydrogen-bond donors (Lipinski definition) is 1. The monoisotopic (exact) mass is 336 g/mol. The van der Waals surface area contributed by atoms with E-state index >= 15 is 0 Å². The van der Waals surface area contributed by atoms with Crippen molar-refractivity contribution < 1.29 is 21.7 Å². The van der Waals surface area contributed by atoms with Crippen molar-refractivity contribution in [3.05, 3.63) is 53.5 Å². The fourth-order valence-corrected chi connectivity index (χ4v) is 2.92. The van der Waals surface area contributed by atoms with Crippen LogP contribution in [0.1, 0.15) is 11.3 Å². The fraction of sp³-hybridized carbons (Fsp3) is 0.133. The van der Waals surface area contributed by atoms with Crippen LogP contribution in [0.5, 0.6) is 0 Å². The highest BCUT2D eigenvalue weighted by atomic mass is 32.2. The third-order valence-electron chi connectivity index (χ3n) is 3.14. The van der Waals surface area contributed by atoms with E-state index < -0.39 is 15.8 Å². The van der Waals surface area contributed by atoms with Gasteiger partial charge in [-0.25, -0.2) is 4.39 Å². The van der Waals surface area contributed by atoms with Crippen LogP contribution < -0.4 is 4.72 Å². The summed E-state index contributed by atoms with van der Waals surface area (Å²) in [6, 6.07) is 8.44. The van der Waals surface area contributed by atoms with Crippen molar-refractivity contribution in [1.29, 1.82) is 0 Å². The molecule has 3 rings (SSSR count). The molecule has 0 aliphatic rings. The van der Waals surface area contributed by atoms with Gasteiger partial charge in [0.2, 0.25) is 10.9 Å². The molecule has 1 aromatic carbocycles. The molecule has 0 radical (unpaired) electrons. The SMILES string of the molecule is Cc1cc(-c2ccc(S(=O)(=O)Nc3ccc(C)c(F)c3)o2)on1. The summed E-state index contributed by atoms with van der Waals surface area (Å²) in [4.78, 5) is 0. The van der Waals surface area contributed by atoms with Gasteiger partial charge in [0.25, 0.3) is 10.0 Å². The Morgan fingerprint density at radius 2 is 1.87 bits per heavy atom. The molecule has 0 bridgehead atoms. The van der Waals surface area contributed by atoms with Gasteiger partial charge in [-0.05, 0) is 43.7 Å². The van der Waals surface area contributed by atoms with Gasteiger partial charge in [0, 0.05) is 6.07 Å². The van der Waals surface area contributed by atoms with Crippen molar-refractivity contribution in [1.82, 2.24) is 5.16 Å². The van der Waals surface area contributed by atoms with E-state index in [2.05, 4.69) is 9.88 Å². The Labute approximate surface area is 132 Å². The molecule has 2 aromatic heterocycles. The number of anilines is 1. The van der Waals surface area contributed by atoms with Crippen LogP contribution >= 0.6 is 0 Å². The Kier molecular flexibility index (Phi) is 3.69. The lowest BCUT2D eigenvalue weighted by Crippen LogP contribution is -2.12. The third-order valence-corrected chi connectivity index (χ3v) is 4.39. The van der Waals surface area contributed by atoms with E-state index in [4.69, 9.17) is 8.94 Å². The summed E-state index contributed by atoms with van der Waals surface area (Å²) in [5.41, 5.74) is 1.18. The standard InChI is InChI=1S/C15H13FN2O4S/c1-9-3-4-11(8-12(9)16)18-23(19,20)15-6-5-13(21-15)14-7-10(2)17-22-14/h3-8,18H,1-2H3. The zero-order valence-corrected chi connectivity index (χ0v) is 13.1. The molecule has 8 heteroatoms. The van der Waals surface area contributed by atoms with Crippen molar-refractivity contribution in [2.75, 3.05) is 4.72 Å². The Morgan fingerprint density at radius 1 is 1.09 bits per heavy atom. The second-order valence-electron chi connectivity index (χ2n) is 5.02. The molecule has 0 spiro atoms. The van der Waals surface area contributed by atoms with Crippen LogP contribution in [0.15, 0.2) is 50.4 Å². The summed E-state index contributed by atoms with van der Waals surface area (Å²) in [6.45, 7) is 3.33. The average Bonchev–Trinajstić information content (AvgIpc) is 3.11. The van der Waals surface area contributed by atoms with Crippen molar-refractivity contribution in [3.63, 3.8) is 0 Å². The molecule has 6 nitrogen and oxygen atoms in total. The van der Waals surface area contributed by atoms with E-state index in [0.29, 0.717) is 17.0 Å². The Hall–Kier alpha value is -2.61. The predicted octanol–water partition coefficient (Wildman–Crippen LogP) is 3.49. The first kappa shape index (κ1) is 15.3. The summed E-state index contributed by atoms with van der Waals surface area (Å²) >= 11 is 0. The highest BCUT2D eigenvalue weighted by molar-refractivity contribution is 7.92. The van der Waals surface area contributed by atoms with Crippen LogP contribution in [0.25, 0.3) is 11.5 Å². The number of halogens is 1. The molecule has 2 heterocycles. The van der Waals surface area contributed by atoms with E-state index in [0.717, 1.165) is 6.07 Å². The molecule has 0 atom stereocenters. The molecular formula is C15H13FN2O4S. The number of hydrogen-bond acceptors (Lipinski definition) is 5. The van der Waals surface area contributed by atoms with Crippen LogP contribution in [0.3, 0.4) is 0 Å². The molecule has 0 unspecified atom stereocenters. The van der Waals surface area contributed by atoms with Gasteiger partial charge in [-0.1, -0.05) is 11.2 Å². The Morgan fingerprint density at radius 3 is 2.52 bits per heavy atom. The van der Waals surface area contributed by atoms with E-state index in [1.807, 2.05) is 0 Å². The van der Waals surface area contributed by atoms with Crippen LogP contribution in [0.4, 0.5) is 10.1 Å². The first-order valence-corrected chi connectivity index (χ1v) is 8.16. The normalized spacial score (nSPS) is 11.6. The molecule has 120 valence electrons. The number of nitrogens with one attached hydrogen (secondary N) is 1. The number of aryl methyl sites for hydroxylation is 2. The molecule has 0 aliphatic carbocycles. The maximum Gasteiger partial charge on any atom is 0.295 e. The van der Waals surface area contributed by atoms with Crippen LogP contribution in [0.2, 0.25) is 0 Å². The van der Waals surface area contributed by atoms with Crippen molar-refractivity contribution in [3.8, 4) is 11.5 Å². The maximum atomic E-state index is 13.5. The summed E-state index contributed by atoms with van der Waals surface area (Å²) in [5, 5.41) is 3.41. The second kappa shape index (κ2) is 5.54. The van der Waals surface area contributed by atoms with Crippen LogP contribution in [-0.2, 0) is 10.0 Å². The van der Waals surface area contributed by atoms with Gasteiger partial charge < -0.3 is 8.94 Å². The molecule has 1 N–H and O–H groups in total. The number of sulfonamides is 1. The predicted molar refractivity (Wildman–Crippen MR) is 80.9 cm³/mol. The van der Waals surface area contributed by atoms with E-state index in [-0.39, 0.29) is 16.5 Å². The third kappa shape index (κ3) is 3.11. The fourth-order valence-electron chi connectivity index (χ4n) is 1.94. The average molecular weight is 336 g/mol. The lowest BCUT2D eigenvalue weighted by atomic mass is 10.2. The molecular weight excluding hydrogens is 323 g/mol. The first-order valence-electron chi connectivity index (χ1n) is 6.68. The number of rotatable bonds is 4. The maximum absolute atomic E-state index is 13.5. The molecule has 0 amide bonds. The number of benzene rings is 1. The number of nitrogens with zero attached hydrogens (tertiary/aromatic N) is 1. The van der Waals surface area contributed by atoms with Gasteiger partial charge in [-0.2, -0.15) is 8.42 Å². The van der Waals surface area contributed by atoms with Gasteiger partial charge in [-0.3, -0.25) is 4.72 Å². The minimum Gasteiger partial charge on any atom is -0.439 e. The largest absolute Gasteiger partial charge is 0.439 e. The minimum atomic E-state index is -3.97. The molecule has 0 saturated heterocycles. The van der Waals surface area contributed by atoms with Gasteiger partial charge in [0.15, 0.2) is 5.76 Å². The summed E-state index contributed by atoms with van der Waals surface area (Å²) in [5.74, 6) is 0.0638. The summed E-state index contributed by atoms with van der Waals surface area (Å²) in [6.07, 6.45) is 0. The van der Waals surface area contributed by atoms with Gasteiger partial charge >= 0.3 is 0 Å². The smallest absolute Gasteiger partial charge is 0.295 e. The molecule has 23 heavy (non-hydrogen) atoms. The lowest BCUT2D eigenvalue weighted by Gasteiger charge is -2.06. The van der Waals surface area contributed by atoms with E-state index in [1.54, 1.807) is 19.9 Å². The molecule has 0 aliphatic heterocycles. The van der Waals surface area contributed by atoms with Crippen LogP contribution in [0, 0.1) is 19.7 Å². The molecule has 0 saturated carbocycles. The Bertz CT molecular complexity index is 960. The molecule has 3 aromatic rings.